The molecule has 4 N–H and O–H groups in total. The Hall–Kier alpha value is -2.83. The van der Waals surface area contributed by atoms with Crippen molar-refractivity contribution in [2.24, 2.45) is 5.41 Å². The highest BCUT2D eigenvalue weighted by Gasteiger charge is 2.27. The van der Waals surface area contributed by atoms with Crippen molar-refractivity contribution < 1.29 is 9.90 Å². The summed E-state index contributed by atoms with van der Waals surface area (Å²) < 4.78 is 1.95. The molecule has 0 spiro atoms. The lowest BCUT2D eigenvalue weighted by atomic mass is 9.86. The number of nitrogens with one attached hydrogen (secondary N) is 1. The van der Waals surface area contributed by atoms with Crippen molar-refractivity contribution in [3.8, 4) is 0 Å². The molecule has 126 valence electrons. The number of imidazole rings is 1. The molecular formula is C17H21N5O2. The first-order valence-corrected chi connectivity index (χ1v) is 7.76. The van der Waals surface area contributed by atoms with Gasteiger partial charge in [0.05, 0.1) is 23.4 Å². The van der Waals surface area contributed by atoms with E-state index in [2.05, 4.69) is 15.3 Å². The molecule has 0 saturated carbocycles. The van der Waals surface area contributed by atoms with Crippen molar-refractivity contribution in [3.05, 3.63) is 30.6 Å². The zero-order valence-electron chi connectivity index (χ0n) is 13.9. The largest absolute Gasteiger partial charge is 0.465 e. The van der Waals surface area contributed by atoms with Crippen LogP contribution in [0.2, 0.25) is 0 Å². The van der Waals surface area contributed by atoms with Gasteiger partial charge < -0.3 is 20.7 Å². The molecule has 2 aromatic heterocycles. The van der Waals surface area contributed by atoms with E-state index in [4.69, 9.17) is 10.8 Å². The molecule has 1 aromatic carbocycles. The van der Waals surface area contributed by atoms with Gasteiger partial charge in [-0.05, 0) is 11.5 Å². The Bertz CT molecular complexity index is 910. The molecule has 7 nitrogen and oxygen atoms in total. The van der Waals surface area contributed by atoms with Crippen molar-refractivity contribution in [1.82, 2.24) is 19.9 Å². The Balaban J connectivity index is 2.14. The number of nitrogen functional groups attached to an aromatic ring is 1. The predicted molar refractivity (Wildman–Crippen MR) is 93.8 cm³/mol. The number of fused-ring (bicyclic) bond motifs is 3. The molecule has 0 bridgehead atoms. The third-order valence-corrected chi connectivity index (χ3v) is 4.20. The number of pyridine rings is 1. The minimum Gasteiger partial charge on any atom is -0.465 e. The van der Waals surface area contributed by atoms with Crippen molar-refractivity contribution in [2.45, 2.75) is 33.4 Å². The summed E-state index contributed by atoms with van der Waals surface area (Å²) in [5, 5.41) is 12.7. The topological polar surface area (TPSA) is 106 Å². The van der Waals surface area contributed by atoms with E-state index in [9.17, 15) is 4.79 Å². The van der Waals surface area contributed by atoms with Crippen molar-refractivity contribution >= 4 is 33.8 Å². The number of carbonyl (C=O) groups is 1. The lowest BCUT2D eigenvalue weighted by molar-refractivity contribution is 0.169. The van der Waals surface area contributed by atoms with Gasteiger partial charge in [0, 0.05) is 11.9 Å². The van der Waals surface area contributed by atoms with Crippen molar-refractivity contribution in [3.63, 3.8) is 0 Å². The number of anilines is 1. The summed E-state index contributed by atoms with van der Waals surface area (Å²) in [5.41, 5.74) is 8.09. The van der Waals surface area contributed by atoms with Gasteiger partial charge in [-0.25, -0.2) is 14.8 Å². The summed E-state index contributed by atoms with van der Waals surface area (Å²) in [6.07, 6.45) is 0.655. The van der Waals surface area contributed by atoms with Crippen molar-refractivity contribution in [1.29, 1.82) is 0 Å². The summed E-state index contributed by atoms with van der Waals surface area (Å²) in [4.78, 5) is 19.9. The van der Waals surface area contributed by atoms with Crippen LogP contribution in [-0.4, -0.2) is 31.8 Å². The Kier molecular flexibility index (Phi) is 3.79. The molecule has 1 amide bonds. The predicted octanol–water partition coefficient (Wildman–Crippen LogP) is 2.85. The van der Waals surface area contributed by atoms with E-state index in [1.165, 1.54) is 0 Å². The minimum absolute atomic E-state index is 0.247. The fraction of sp³-hybridized carbons (Fsp3) is 0.353. The quantitative estimate of drug-likeness (QED) is 0.686. The highest BCUT2D eigenvalue weighted by Crippen LogP contribution is 2.29. The molecule has 24 heavy (non-hydrogen) atoms. The number of hydrogen-bond donors (Lipinski definition) is 3. The minimum atomic E-state index is -1.04. The maximum absolute atomic E-state index is 11.1. The van der Waals surface area contributed by atoms with Gasteiger partial charge in [0.2, 0.25) is 0 Å². The van der Waals surface area contributed by atoms with E-state index < -0.39 is 6.09 Å². The number of rotatable bonds is 3. The molecule has 3 rings (SSSR count). The first-order chi connectivity index (χ1) is 11.3. The second kappa shape index (κ2) is 5.67. The average Bonchev–Trinajstić information content (AvgIpc) is 2.90. The number of hydrogen-bond acceptors (Lipinski definition) is 4. The monoisotopic (exact) mass is 327 g/mol. The van der Waals surface area contributed by atoms with Gasteiger partial charge in [0.1, 0.15) is 5.52 Å². The first-order valence-electron chi connectivity index (χ1n) is 7.76. The molecule has 0 aliphatic carbocycles. The molecule has 0 fully saturated rings. The third kappa shape index (κ3) is 2.84. The van der Waals surface area contributed by atoms with Gasteiger partial charge in [-0.2, -0.15) is 0 Å². The standard InChI is InChI=1S/C17H21N5O2/c1-17(2,3)12(21-16(23)24)8-22-9-19-13-14(22)10-6-4-5-7-11(10)20-15(13)18/h4-7,9,12,21H,8H2,1-3H3,(H2,18,20)(H,23,24). The molecule has 0 radical (unpaired) electrons. The summed E-state index contributed by atoms with van der Waals surface area (Å²) >= 11 is 0. The molecule has 1 unspecified atom stereocenters. The summed E-state index contributed by atoms with van der Waals surface area (Å²) in [6.45, 7) is 6.46. The Morgan fingerprint density at radius 1 is 1.38 bits per heavy atom. The lowest BCUT2D eigenvalue weighted by Gasteiger charge is -2.31. The van der Waals surface area contributed by atoms with E-state index in [-0.39, 0.29) is 11.5 Å². The number of nitrogens with two attached hydrogens (primary N) is 1. The van der Waals surface area contributed by atoms with Crippen LogP contribution in [0.25, 0.3) is 21.9 Å². The average molecular weight is 327 g/mol. The molecule has 0 aliphatic heterocycles. The van der Waals surface area contributed by atoms with Crippen LogP contribution in [0.3, 0.4) is 0 Å². The molecular weight excluding hydrogens is 306 g/mol. The maximum atomic E-state index is 11.1. The Morgan fingerprint density at radius 3 is 2.75 bits per heavy atom. The molecule has 2 heterocycles. The summed E-state index contributed by atoms with van der Waals surface area (Å²) in [7, 11) is 0. The van der Waals surface area contributed by atoms with E-state index in [1.807, 2.05) is 49.6 Å². The van der Waals surface area contributed by atoms with E-state index in [1.54, 1.807) is 6.33 Å². The van der Waals surface area contributed by atoms with Crippen LogP contribution < -0.4 is 11.1 Å². The van der Waals surface area contributed by atoms with Crippen LogP contribution in [0.1, 0.15) is 20.8 Å². The molecule has 7 heteroatoms. The molecule has 3 aromatic rings. The second-order valence-corrected chi connectivity index (χ2v) is 6.98. The van der Waals surface area contributed by atoms with E-state index in [0.29, 0.717) is 17.9 Å². The summed E-state index contributed by atoms with van der Waals surface area (Å²) in [6, 6.07) is 7.44. The highest BCUT2D eigenvalue weighted by molar-refractivity contribution is 6.06. The Labute approximate surface area is 139 Å². The number of nitrogens with zero attached hydrogens (tertiary/aromatic N) is 3. The van der Waals surface area contributed by atoms with E-state index in [0.717, 1.165) is 16.4 Å². The van der Waals surface area contributed by atoms with Gasteiger partial charge in [-0.3, -0.25) is 0 Å². The van der Waals surface area contributed by atoms with Crippen LogP contribution >= 0.6 is 0 Å². The number of aromatic nitrogens is 3. The molecule has 1 atom stereocenters. The zero-order chi connectivity index (χ0) is 17.5. The number of benzene rings is 1. The SMILES string of the molecule is CC(C)(C)C(Cn1cnc2c(N)nc3ccccc3c21)NC(=O)O. The fourth-order valence-electron chi connectivity index (χ4n) is 2.83. The van der Waals surface area contributed by atoms with Crippen LogP contribution in [0.15, 0.2) is 30.6 Å². The van der Waals surface area contributed by atoms with Gasteiger partial charge >= 0.3 is 6.09 Å². The normalized spacial score (nSPS) is 13.3. The van der Waals surface area contributed by atoms with Crippen LogP contribution in [0, 0.1) is 5.41 Å². The van der Waals surface area contributed by atoms with Gasteiger partial charge in [0.25, 0.3) is 0 Å². The van der Waals surface area contributed by atoms with Crippen LogP contribution in [0.4, 0.5) is 10.6 Å². The van der Waals surface area contributed by atoms with Crippen molar-refractivity contribution in [2.75, 3.05) is 5.73 Å². The second-order valence-electron chi connectivity index (χ2n) is 6.98. The number of carboxylic acid groups (broad SMARTS) is 1. The highest BCUT2D eigenvalue weighted by atomic mass is 16.4. The van der Waals surface area contributed by atoms with Gasteiger partial charge in [-0.15, -0.1) is 0 Å². The Morgan fingerprint density at radius 2 is 2.08 bits per heavy atom. The van der Waals surface area contributed by atoms with E-state index >= 15 is 0 Å². The van der Waals surface area contributed by atoms with Gasteiger partial charge in [-0.1, -0.05) is 39.0 Å². The van der Waals surface area contributed by atoms with Crippen LogP contribution in [-0.2, 0) is 6.54 Å². The number of amides is 1. The first kappa shape index (κ1) is 16.0. The number of para-hydroxylation sites is 1. The smallest absolute Gasteiger partial charge is 0.404 e. The van der Waals surface area contributed by atoms with Crippen LogP contribution in [0.5, 0.6) is 0 Å². The lowest BCUT2D eigenvalue weighted by Crippen LogP contribution is -2.45. The van der Waals surface area contributed by atoms with Gasteiger partial charge in [0.15, 0.2) is 5.82 Å². The fourth-order valence-corrected chi connectivity index (χ4v) is 2.83. The maximum Gasteiger partial charge on any atom is 0.404 e. The molecule has 0 saturated heterocycles. The third-order valence-electron chi connectivity index (χ3n) is 4.20. The zero-order valence-corrected chi connectivity index (χ0v) is 13.9. The summed E-state index contributed by atoms with van der Waals surface area (Å²) in [5.74, 6) is 0.376. The molecule has 0 aliphatic rings.